The number of hydrogen-bond donors (Lipinski definition) is 0. The lowest BCUT2D eigenvalue weighted by Gasteiger charge is -2.18. The summed E-state index contributed by atoms with van der Waals surface area (Å²) in [4.78, 5) is 16.2. The van der Waals surface area contributed by atoms with Gasteiger partial charge in [-0.1, -0.05) is 54.0 Å². The fourth-order valence-electron chi connectivity index (χ4n) is 4.55. The van der Waals surface area contributed by atoms with E-state index in [4.69, 9.17) is 23.2 Å². The number of thiophene rings is 1. The molecule has 0 bridgehead atoms. The smallest absolute Gasteiger partial charge is 0.268 e. The number of halogens is 2. The molecule has 34 heavy (non-hydrogen) atoms. The Bertz CT molecular complexity index is 1590. The number of fused-ring (bicyclic) bond motifs is 5. The molecule has 0 fully saturated rings. The average molecular weight is 528 g/mol. The first-order chi connectivity index (χ1) is 16.5. The van der Waals surface area contributed by atoms with Gasteiger partial charge in [0.05, 0.1) is 11.1 Å². The van der Waals surface area contributed by atoms with Gasteiger partial charge in [0.1, 0.15) is 4.83 Å². The Kier molecular flexibility index (Phi) is 5.68. The van der Waals surface area contributed by atoms with E-state index < -0.39 is 0 Å². The van der Waals surface area contributed by atoms with Crippen LogP contribution in [0, 0.1) is 5.92 Å². The van der Waals surface area contributed by atoms with Crippen LogP contribution in [0.2, 0.25) is 10.0 Å². The zero-order valence-corrected chi connectivity index (χ0v) is 21.4. The van der Waals surface area contributed by atoms with E-state index in [2.05, 4.69) is 21.5 Å². The SMILES string of the molecule is C[C@@H]1CCc2sc3c(c2C1)c(=O)n(-c1ccc(Cl)cc1)c1nnc(SCc2ccc(Cl)cc2)n31. The summed E-state index contributed by atoms with van der Waals surface area (Å²) < 4.78 is 3.73. The van der Waals surface area contributed by atoms with Crippen molar-refractivity contribution in [3.63, 3.8) is 0 Å². The molecule has 0 saturated carbocycles. The van der Waals surface area contributed by atoms with Gasteiger partial charge >= 0.3 is 0 Å². The Balaban J connectivity index is 1.58. The van der Waals surface area contributed by atoms with Crippen molar-refractivity contribution in [2.75, 3.05) is 0 Å². The molecule has 5 nitrogen and oxygen atoms in total. The second kappa shape index (κ2) is 8.72. The molecule has 3 heterocycles. The minimum atomic E-state index is -0.0435. The van der Waals surface area contributed by atoms with Crippen LogP contribution < -0.4 is 5.56 Å². The predicted octanol–water partition coefficient (Wildman–Crippen LogP) is 6.82. The molecule has 0 saturated heterocycles. The van der Waals surface area contributed by atoms with Gasteiger partial charge < -0.3 is 0 Å². The molecule has 0 spiro atoms. The largest absolute Gasteiger partial charge is 0.268 e. The first kappa shape index (κ1) is 22.2. The third-order valence-electron chi connectivity index (χ3n) is 6.29. The molecule has 1 aliphatic rings. The Labute approximate surface area is 214 Å². The first-order valence-electron chi connectivity index (χ1n) is 11.1. The van der Waals surface area contributed by atoms with E-state index in [-0.39, 0.29) is 5.56 Å². The Morgan fingerprint density at radius 2 is 1.76 bits per heavy atom. The number of aromatic nitrogens is 4. The Morgan fingerprint density at radius 3 is 2.50 bits per heavy atom. The molecular formula is C25H20Cl2N4OS2. The lowest BCUT2D eigenvalue weighted by atomic mass is 9.89. The summed E-state index contributed by atoms with van der Waals surface area (Å²) in [6.07, 6.45) is 3.08. The summed E-state index contributed by atoms with van der Waals surface area (Å²) in [6, 6.07) is 15.1. The van der Waals surface area contributed by atoms with Crippen LogP contribution in [0.4, 0.5) is 0 Å². The van der Waals surface area contributed by atoms with E-state index in [0.717, 1.165) is 51.6 Å². The van der Waals surface area contributed by atoms with Gasteiger partial charge in [0.15, 0.2) is 5.16 Å². The fraction of sp³-hybridized carbons (Fsp3) is 0.240. The summed E-state index contributed by atoms with van der Waals surface area (Å²) in [6.45, 7) is 2.26. The van der Waals surface area contributed by atoms with Crippen molar-refractivity contribution < 1.29 is 0 Å². The Hall–Kier alpha value is -2.32. The van der Waals surface area contributed by atoms with Crippen LogP contribution in [-0.2, 0) is 18.6 Å². The fourth-order valence-corrected chi connectivity index (χ4v) is 7.09. The molecule has 0 radical (unpaired) electrons. The maximum atomic E-state index is 13.9. The summed E-state index contributed by atoms with van der Waals surface area (Å²) in [7, 11) is 0. The molecular weight excluding hydrogens is 507 g/mol. The highest BCUT2D eigenvalue weighted by molar-refractivity contribution is 7.98. The predicted molar refractivity (Wildman–Crippen MR) is 141 cm³/mol. The molecule has 3 aromatic heterocycles. The van der Waals surface area contributed by atoms with Gasteiger partial charge in [0, 0.05) is 20.7 Å². The third-order valence-corrected chi connectivity index (χ3v) is 9.07. The number of nitrogens with zero attached hydrogens (tertiary/aromatic N) is 4. The van der Waals surface area contributed by atoms with E-state index in [9.17, 15) is 4.79 Å². The topological polar surface area (TPSA) is 52.2 Å². The van der Waals surface area contributed by atoms with Crippen molar-refractivity contribution in [1.29, 1.82) is 0 Å². The standard InChI is InChI=1S/C25H20Cl2N4OS2/c1-14-2-11-20-19(12-14)21-22(32)30(18-9-7-17(27)8-10-18)24-28-29-25(31(24)23(21)34-20)33-13-15-3-5-16(26)6-4-15/h3-10,14H,2,11-13H2,1H3/t14-/m1/s1. The van der Waals surface area contributed by atoms with E-state index >= 15 is 0 Å². The van der Waals surface area contributed by atoms with Gasteiger partial charge in [-0.15, -0.1) is 21.5 Å². The number of rotatable bonds is 4. The highest BCUT2D eigenvalue weighted by Gasteiger charge is 2.27. The van der Waals surface area contributed by atoms with E-state index in [0.29, 0.717) is 21.7 Å². The molecule has 1 atom stereocenters. The maximum absolute atomic E-state index is 13.9. The van der Waals surface area contributed by atoms with Gasteiger partial charge in [0.25, 0.3) is 5.56 Å². The molecule has 2 aromatic carbocycles. The van der Waals surface area contributed by atoms with Crippen LogP contribution in [0.15, 0.2) is 58.5 Å². The van der Waals surface area contributed by atoms with Crippen LogP contribution in [-0.4, -0.2) is 19.2 Å². The second-order valence-electron chi connectivity index (χ2n) is 8.68. The zero-order valence-electron chi connectivity index (χ0n) is 18.3. The van der Waals surface area contributed by atoms with Crippen molar-refractivity contribution in [2.45, 2.75) is 37.1 Å². The lowest BCUT2D eigenvalue weighted by molar-refractivity contribution is 0.508. The van der Waals surface area contributed by atoms with Crippen LogP contribution in [0.3, 0.4) is 0 Å². The van der Waals surface area contributed by atoms with Gasteiger partial charge in [-0.05, 0) is 72.7 Å². The van der Waals surface area contributed by atoms with Crippen molar-refractivity contribution >= 4 is 62.3 Å². The molecule has 172 valence electrons. The first-order valence-corrected chi connectivity index (χ1v) is 13.6. The summed E-state index contributed by atoms with van der Waals surface area (Å²) in [5.41, 5.74) is 3.02. The Morgan fingerprint density at radius 1 is 1.06 bits per heavy atom. The maximum Gasteiger partial charge on any atom is 0.268 e. The van der Waals surface area contributed by atoms with Crippen molar-refractivity contribution in [3.8, 4) is 5.69 Å². The summed E-state index contributed by atoms with van der Waals surface area (Å²) in [5, 5.41) is 11.9. The molecule has 1 aliphatic carbocycles. The van der Waals surface area contributed by atoms with Crippen LogP contribution in [0.1, 0.15) is 29.3 Å². The van der Waals surface area contributed by atoms with Crippen molar-refractivity contribution in [1.82, 2.24) is 19.2 Å². The van der Waals surface area contributed by atoms with Crippen LogP contribution >= 0.6 is 46.3 Å². The highest BCUT2D eigenvalue weighted by atomic mass is 35.5. The van der Waals surface area contributed by atoms with Crippen molar-refractivity contribution in [2.24, 2.45) is 5.92 Å². The van der Waals surface area contributed by atoms with Crippen molar-refractivity contribution in [3.05, 3.63) is 84.9 Å². The van der Waals surface area contributed by atoms with E-state index in [1.54, 1.807) is 39.8 Å². The monoisotopic (exact) mass is 526 g/mol. The summed E-state index contributed by atoms with van der Waals surface area (Å²) >= 11 is 15.5. The third kappa shape index (κ3) is 3.75. The highest BCUT2D eigenvalue weighted by Crippen LogP contribution is 2.38. The molecule has 5 aromatic rings. The minimum Gasteiger partial charge on any atom is -0.268 e. The molecule has 0 amide bonds. The molecule has 0 unspecified atom stereocenters. The number of benzene rings is 2. The van der Waals surface area contributed by atoms with Gasteiger partial charge in [-0.2, -0.15) is 0 Å². The van der Waals surface area contributed by atoms with Crippen LogP contribution in [0.25, 0.3) is 21.7 Å². The van der Waals surface area contributed by atoms with Gasteiger partial charge in [0.2, 0.25) is 5.78 Å². The molecule has 9 heteroatoms. The second-order valence-corrected chi connectivity index (χ2v) is 11.6. The average Bonchev–Trinajstić information content (AvgIpc) is 3.41. The van der Waals surface area contributed by atoms with E-state index in [1.807, 2.05) is 36.4 Å². The van der Waals surface area contributed by atoms with E-state index in [1.165, 1.54) is 10.4 Å². The lowest BCUT2D eigenvalue weighted by Crippen LogP contribution is -2.22. The zero-order chi connectivity index (χ0) is 23.4. The quantitative estimate of drug-likeness (QED) is 0.241. The van der Waals surface area contributed by atoms with Crippen LogP contribution in [0.5, 0.6) is 0 Å². The number of thioether (sulfide) groups is 1. The van der Waals surface area contributed by atoms with Gasteiger partial charge in [-0.3, -0.25) is 4.79 Å². The molecule has 0 N–H and O–H groups in total. The molecule has 0 aliphatic heterocycles. The normalized spacial score (nSPS) is 15.8. The number of aryl methyl sites for hydroxylation is 1. The minimum absolute atomic E-state index is 0.0435. The van der Waals surface area contributed by atoms with Gasteiger partial charge in [-0.25, -0.2) is 8.97 Å². The summed E-state index contributed by atoms with van der Waals surface area (Å²) in [5.74, 6) is 1.80. The molecule has 6 rings (SSSR count). The number of hydrogen-bond acceptors (Lipinski definition) is 5.